The Hall–Kier alpha value is -1.89. The van der Waals surface area contributed by atoms with Gasteiger partial charge in [0.15, 0.2) is 0 Å². The fraction of sp³-hybridized carbons (Fsp3) is 0.467. The third-order valence-corrected chi connectivity index (χ3v) is 4.35. The number of carbonyl (C=O) groups excluding carboxylic acids is 1. The van der Waals surface area contributed by atoms with Crippen LogP contribution in [0.1, 0.15) is 37.7 Å². The van der Waals surface area contributed by atoms with E-state index in [1.807, 2.05) is 0 Å². The number of rotatable bonds is 4. The van der Waals surface area contributed by atoms with E-state index < -0.39 is 18.4 Å². The Morgan fingerprint density at radius 3 is 2.43 bits per heavy atom. The Bertz CT molecular complexity index is 590. The maximum absolute atomic E-state index is 12.8. The Morgan fingerprint density at radius 2 is 1.87 bits per heavy atom. The van der Waals surface area contributed by atoms with Crippen LogP contribution in [0, 0.1) is 5.92 Å². The molecule has 1 aliphatic rings. The van der Waals surface area contributed by atoms with Gasteiger partial charge in [0.1, 0.15) is 0 Å². The molecule has 8 heteroatoms. The molecule has 1 aliphatic carbocycles. The zero-order valence-electron chi connectivity index (χ0n) is 12.2. The molecule has 1 saturated carbocycles. The molecular weight excluding hydrogens is 330 g/mol. The maximum atomic E-state index is 12.8. The lowest BCUT2D eigenvalue weighted by Gasteiger charge is -2.27. The molecule has 0 spiro atoms. The van der Waals surface area contributed by atoms with Crippen molar-refractivity contribution in [3.05, 3.63) is 28.8 Å². The van der Waals surface area contributed by atoms with Crippen LogP contribution >= 0.6 is 11.6 Å². The number of urea groups is 1. The van der Waals surface area contributed by atoms with Crippen LogP contribution in [0.5, 0.6) is 0 Å². The molecule has 0 aliphatic heterocycles. The first-order valence-corrected chi connectivity index (χ1v) is 7.63. The summed E-state index contributed by atoms with van der Waals surface area (Å²) in [6.07, 6.45) is -0.590. The van der Waals surface area contributed by atoms with Crippen LogP contribution in [-0.4, -0.2) is 23.1 Å². The van der Waals surface area contributed by atoms with Crippen LogP contribution in [0.25, 0.3) is 0 Å². The molecular formula is C15H17ClF2N2O3. The van der Waals surface area contributed by atoms with Crippen molar-refractivity contribution in [3.8, 4) is 0 Å². The second-order valence-corrected chi connectivity index (χ2v) is 5.87. The van der Waals surface area contributed by atoms with Gasteiger partial charge >= 0.3 is 12.0 Å². The second kappa shape index (κ2) is 7.59. The van der Waals surface area contributed by atoms with Crippen molar-refractivity contribution in [2.45, 2.75) is 38.2 Å². The Kier molecular flexibility index (Phi) is 5.76. The van der Waals surface area contributed by atoms with Crippen LogP contribution in [0.3, 0.4) is 0 Å². The maximum Gasteiger partial charge on any atom is 0.319 e. The van der Waals surface area contributed by atoms with Gasteiger partial charge in [-0.25, -0.2) is 13.6 Å². The van der Waals surface area contributed by atoms with Gasteiger partial charge in [-0.05, 0) is 31.7 Å². The number of halogens is 3. The third-order valence-electron chi connectivity index (χ3n) is 3.92. The molecule has 2 amide bonds. The SMILES string of the molecule is O=C(Nc1cccc(C(F)F)c1Cl)NC1CCC(C(=O)O)CC1. The number of benzene rings is 1. The van der Waals surface area contributed by atoms with Crippen molar-refractivity contribution in [1.82, 2.24) is 5.32 Å². The fourth-order valence-corrected chi connectivity index (χ4v) is 2.90. The van der Waals surface area contributed by atoms with Gasteiger partial charge in [0.05, 0.1) is 16.6 Å². The van der Waals surface area contributed by atoms with Crippen molar-refractivity contribution in [2.75, 3.05) is 5.32 Å². The lowest BCUT2D eigenvalue weighted by molar-refractivity contribution is -0.142. The van der Waals surface area contributed by atoms with E-state index in [1.54, 1.807) is 0 Å². The predicted molar refractivity (Wildman–Crippen MR) is 81.9 cm³/mol. The van der Waals surface area contributed by atoms with Crippen molar-refractivity contribution in [1.29, 1.82) is 0 Å². The molecule has 1 fully saturated rings. The molecule has 0 saturated heterocycles. The summed E-state index contributed by atoms with van der Waals surface area (Å²) in [5, 5.41) is 13.9. The Labute approximate surface area is 137 Å². The van der Waals surface area contributed by atoms with Gasteiger partial charge < -0.3 is 15.7 Å². The van der Waals surface area contributed by atoms with Crippen LogP contribution in [0.2, 0.25) is 5.02 Å². The standard InChI is InChI=1S/C15H17ClF2N2O3/c16-12-10(13(17)18)2-1-3-11(12)20-15(23)19-9-6-4-8(5-7-9)14(21)22/h1-3,8-9,13H,4-7H2,(H,21,22)(H2,19,20,23). The summed E-state index contributed by atoms with van der Waals surface area (Å²) in [6.45, 7) is 0. The van der Waals surface area contributed by atoms with Gasteiger partial charge in [0.2, 0.25) is 0 Å². The second-order valence-electron chi connectivity index (χ2n) is 5.49. The Morgan fingerprint density at radius 1 is 1.22 bits per heavy atom. The molecule has 0 heterocycles. The minimum absolute atomic E-state index is 0.112. The summed E-state index contributed by atoms with van der Waals surface area (Å²) in [5.74, 6) is -1.18. The quantitative estimate of drug-likeness (QED) is 0.769. The van der Waals surface area contributed by atoms with E-state index in [-0.39, 0.29) is 28.2 Å². The topological polar surface area (TPSA) is 78.4 Å². The number of hydrogen-bond donors (Lipinski definition) is 3. The van der Waals surface area contributed by atoms with E-state index in [4.69, 9.17) is 16.7 Å². The monoisotopic (exact) mass is 346 g/mol. The first-order chi connectivity index (χ1) is 10.9. The van der Waals surface area contributed by atoms with E-state index in [9.17, 15) is 18.4 Å². The van der Waals surface area contributed by atoms with E-state index in [0.29, 0.717) is 25.7 Å². The Balaban J connectivity index is 1.91. The minimum atomic E-state index is -2.72. The van der Waals surface area contributed by atoms with Crippen molar-refractivity contribution in [2.24, 2.45) is 5.92 Å². The number of amides is 2. The summed E-state index contributed by atoms with van der Waals surface area (Å²) in [7, 11) is 0. The molecule has 0 unspecified atom stereocenters. The zero-order chi connectivity index (χ0) is 17.0. The van der Waals surface area contributed by atoms with E-state index in [1.165, 1.54) is 18.2 Å². The van der Waals surface area contributed by atoms with Gasteiger partial charge in [0, 0.05) is 11.6 Å². The smallest absolute Gasteiger partial charge is 0.319 e. The normalized spacial score (nSPS) is 21.0. The van der Waals surface area contributed by atoms with Crippen molar-refractivity contribution in [3.63, 3.8) is 0 Å². The number of nitrogens with one attached hydrogen (secondary N) is 2. The first kappa shape index (κ1) is 17.5. The number of hydrogen-bond acceptors (Lipinski definition) is 2. The molecule has 3 N–H and O–H groups in total. The summed E-state index contributed by atoms with van der Waals surface area (Å²) in [6, 6.07) is 3.35. The molecule has 0 aromatic heterocycles. The van der Waals surface area contributed by atoms with Crippen LogP contribution in [0.4, 0.5) is 19.3 Å². The van der Waals surface area contributed by atoms with E-state index >= 15 is 0 Å². The van der Waals surface area contributed by atoms with Gasteiger partial charge in [0.25, 0.3) is 6.43 Å². The largest absolute Gasteiger partial charge is 0.481 e. The molecule has 1 aromatic rings. The third kappa shape index (κ3) is 4.54. The van der Waals surface area contributed by atoms with Crippen molar-refractivity contribution < 1.29 is 23.5 Å². The predicted octanol–water partition coefficient (Wildman–Crippen LogP) is 4.04. The van der Waals surface area contributed by atoms with Gasteiger partial charge in [-0.15, -0.1) is 0 Å². The molecule has 23 heavy (non-hydrogen) atoms. The summed E-state index contributed by atoms with van der Waals surface area (Å²) < 4.78 is 25.5. The number of alkyl halides is 2. The highest BCUT2D eigenvalue weighted by atomic mass is 35.5. The molecule has 5 nitrogen and oxygen atoms in total. The average Bonchev–Trinajstić information content (AvgIpc) is 2.49. The number of carboxylic acid groups (broad SMARTS) is 1. The van der Waals surface area contributed by atoms with E-state index in [0.717, 1.165) is 0 Å². The van der Waals surface area contributed by atoms with Gasteiger partial charge in [-0.1, -0.05) is 23.7 Å². The number of carbonyl (C=O) groups is 2. The molecule has 0 radical (unpaired) electrons. The van der Waals surface area contributed by atoms with Crippen LogP contribution < -0.4 is 10.6 Å². The molecule has 126 valence electrons. The highest BCUT2D eigenvalue weighted by Crippen LogP contribution is 2.32. The molecule has 1 aromatic carbocycles. The van der Waals surface area contributed by atoms with Crippen LogP contribution in [0.15, 0.2) is 18.2 Å². The summed E-state index contributed by atoms with van der Waals surface area (Å²) in [4.78, 5) is 22.8. The van der Waals surface area contributed by atoms with Crippen LogP contribution in [-0.2, 0) is 4.79 Å². The lowest BCUT2D eigenvalue weighted by Crippen LogP contribution is -2.41. The summed E-state index contributed by atoms with van der Waals surface area (Å²) >= 11 is 5.86. The summed E-state index contributed by atoms with van der Waals surface area (Å²) in [5.41, 5.74) is -0.229. The highest BCUT2D eigenvalue weighted by Gasteiger charge is 2.26. The minimum Gasteiger partial charge on any atom is -0.481 e. The molecule has 0 bridgehead atoms. The number of anilines is 1. The van der Waals surface area contributed by atoms with E-state index in [2.05, 4.69) is 10.6 Å². The molecule has 0 atom stereocenters. The first-order valence-electron chi connectivity index (χ1n) is 7.25. The van der Waals surface area contributed by atoms with Gasteiger partial charge in [-0.3, -0.25) is 4.79 Å². The fourth-order valence-electron chi connectivity index (χ4n) is 2.64. The highest BCUT2D eigenvalue weighted by molar-refractivity contribution is 6.34. The molecule has 2 rings (SSSR count). The number of carboxylic acids is 1. The zero-order valence-corrected chi connectivity index (χ0v) is 12.9. The average molecular weight is 347 g/mol. The lowest BCUT2D eigenvalue weighted by atomic mass is 9.86. The van der Waals surface area contributed by atoms with Gasteiger partial charge in [-0.2, -0.15) is 0 Å². The van der Waals surface area contributed by atoms with Crippen molar-refractivity contribution >= 4 is 29.3 Å². The number of aliphatic carboxylic acids is 1.